The van der Waals surface area contributed by atoms with Gasteiger partial charge in [0.15, 0.2) is 0 Å². The van der Waals surface area contributed by atoms with E-state index < -0.39 is 10.3 Å². The van der Waals surface area contributed by atoms with Gasteiger partial charge in [-0.15, -0.1) is 0 Å². The first-order chi connectivity index (χ1) is 9.93. The van der Waals surface area contributed by atoms with Crippen molar-refractivity contribution in [1.29, 1.82) is 10.5 Å². The molecule has 2 rings (SSSR count). The van der Waals surface area contributed by atoms with Crippen molar-refractivity contribution in [2.75, 3.05) is 0 Å². The Kier molecular flexibility index (Phi) is 3.90. The standard InChI is InChI=1S/C14H9N3O3S/c15-8-10-1-3-11(4-2-10)14-6-5-13(7-12(14)9-16)20-21(17,18)19/h1-7H,(H2,17,18,19). The van der Waals surface area contributed by atoms with E-state index in [4.69, 9.17) is 15.7 Å². The van der Waals surface area contributed by atoms with Crippen LogP contribution in [0.1, 0.15) is 11.1 Å². The third kappa shape index (κ3) is 3.57. The number of nitrogens with two attached hydrogens (primary N) is 1. The minimum atomic E-state index is -4.13. The van der Waals surface area contributed by atoms with Crippen molar-refractivity contribution in [3.05, 3.63) is 53.6 Å². The first-order valence-electron chi connectivity index (χ1n) is 5.70. The molecule has 0 aliphatic rings. The monoisotopic (exact) mass is 299 g/mol. The van der Waals surface area contributed by atoms with E-state index in [2.05, 4.69) is 4.18 Å². The fourth-order valence-electron chi connectivity index (χ4n) is 1.78. The molecule has 0 heterocycles. The Labute approximate surface area is 121 Å². The Morgan fingerprint density at radius 2 is 1.67 bits per heavy atom. The second-order valence-corrected chi connectivity index (χ2v) is 5.24. The SMILES string of the molecule is N#Cc1ccc(-c2ccc(OS(N)(=O)=O)cc2C#N)cc1. The van der Waals surface area contributed by atoms with E-state index in [1.807, 2.05) is 12.1 Å². The summed E-state index contributed by atoms with van der Waals surface area (Å²) < 4.78 is 26.3. The lowest BCUT2D eigenvalue weighted by molar-refractivity contribution is 0.487. The number of nitrogens with zero attached hydrogens (tertiary/aromatic N) is 2. The van der Waals surface area contributed by atoms with Crippen LogP contribution in [0.5, 0.6) is 5.75 Å². The minimum Gasteiger partial charge on any atom is -0.371 e. The molecule has 0 spiro atoms. The molecular weight excluding hydrogens is 290 g/mol. The Hall–Kier alpha value is -2.87. The number of nitriles is 2. The normalized spacial score (nSPS) is 10.4. The van der Waals surface area contributed by atoms with Gasteiger partial charge >= 0.3 is 10.3 Å². The van der Waals surface area contributed by atoms with Crippen molar-refractivity contribution < 1.29 is 12.6 Å². The number of hydrogen-bond donors (Lipinski definition) is 1. The second-order valence-electron chi connectivity index (χ2n) is 4.08. The molecule has 0 bridgehead atoms. The molecule has 0 amide bonds. The van der Waals surface area contributed by atoms with Gasteiger partial charge in [-0.3, -0.25) is 0 Å². The molecule has 0 aliphatic carbocycles. The Morgan fingerprint density at radius 3 is 2.19 bits per heavy atom. The zero-order valence-electron chi connectivity index (χ0n) is 10.6. The van der Waals surface area contributed by atoms with Crippen LogP contribution in [-0.2, 0) is 10.3 Å². The molecule has 7 heteroatoms. The zero-order chi connectivity index (χ0) is 15.5. The first kappa shape index (κ1) is 14.5. The van der Waals surface area contributed by atoms with Gasteiger partial charge in [-0.25, -0.2) is 0 Å². The Morgan fingerprint density at radius 1 is 1.00 bits per heavy atom. The quantitative estimate of drug-likeness (QED) is 0.925. The summed E-state index contributed by atoms with van der Waals surface area (Å²) in [5, 5.41) is 22.7. The Bertz CT molecular complexity index is 860. The predicted molar refractivity (Wildman–Crippen MR) is 75.0 cm³/mol. The molecule has 0 unspecified atom stereocenters. The summed E-state index contributed by atoms with van der Waals surface area (Å²) in [5.74, 6) is -0.0357. The van der Waals surface area contributed by atoms with Gasteiger partial charge in [0.05, 0.1) is 23.3 Å². The van der Waals surface area contributed by atoms with Crippen LogP contribution in [0.4, 0.5) is 0 Å². The average Bonchev–Trinajstić information content (AvgIpc) is 2.45. The lowest BCUT2D eigenvalue weighted by Crippen LogP contribution is -2.18. The maximum atomic E-state index is 10.9. The summed E-state index contributed by atoms with van der Waals surface area (Å²) in [5.41, 5.74) is 2.07. The van der Waals surface area contributed by atoms with E-state index >= 15 is 0 Å². The smallest absolute Gasteiger partial charge is 0.371 e. The Balaban J connectivity index is 2.45. The fraction of sp³-hybridized carbons (Fsp3) is 0. The van der Waals surface area contributed by atoms with Crippen LogP contribution >= 0.6 is 0 Å². The average molecular weight is 299 g/mol. The highest BCUT2D eigenvalue weighted by Gasteiger charge is 2.10. The molecule has 0 fully saturated rings. The van der Waals surface area contributed by atoms with Crippen LogP contribution in [-0.4, -0.2) is 8.42 Å². The number of benzene rings is 2. The first-order valence-corrected chi connectivity index (χ1v) is 7.17. The number of hydrogen-bond acceptors (Lipinski definition) is 5. The molecule has 0 saturated carbocycles. The third-order valence-electron chi connectivity index (χ3n) is 2.65. The molecule has 2 aromatic carbocycles. The molecular formula is C14H9N3O3S. The van der Waals surface area contributed by atoms with Crippen LogP contribution in [0.2, 0.25) is 0 Å². The van der Waals surface area contributed by atoms with Gasteiger partial charge in [0.2, 0.25) is 0 Å². The lowest BCUT2D eigenvalue weighted by atomic mass is 9.99. The molecule has 2 aromatic rings. The van der Waals surface area contributed by atoms with E-state index in [1.54, 1.807) is 30.3 Å². The van der Waals surface area contributed by atoms with Gasteiger partial charge in [0, 0.05) is 6.07 Å². The fourth-order valence-corrected chi connectivity index (χ4v) is 2.15. The van der Waals surface area contributed by atoms with Gasteiger partial charge in [-0.1, -0.05) is 12.1 Å². The molecule has 0 atom stereocenters. The van der Waals surface area contributed by atoms with E-state index in [1.165, 1.54) is 12.1 Å². The van der Waals surface area contributed by atoms with Crippen LogP contribution in [0.15, 0.2) is 42.5 Å². The summed E-state index contributed by atoms with van der Waals surface area (Å²) in [6.45, 7) is 0. The predicted octanol–water partition coefficient (Wildman–Crippen LogP) is 1.68. The van der Waals surface area contributed by atoms with E-state index in [9.17, 15) is 8.42 Å². The lowest BCUT2D eigenvalue weighted by Gasteiger charge is -2.07. The molecule has 0 aliphatic heterocycles. The van der Waals surface area contributed by atoms with Gasteiger partial charge in [0.1, 0.15) is 5.75 Å². The van der Waals surface area contributed by atoms with Crippen LogP contribution in [0.3, 0.4) is 0 Å². The molecule has 0 aromatic heterocycles. The van der Waals surface area contributed by atoms with E-state index in [-0.39, 0.29) is 11.3 Å². The van der Waals surface area contributed by atoms with Crippen molar-refractivity contribution >= 4 is 10.3 Å². The largest absolute Gasteiger partial charge is 0.380 e. The number of rotatable bonds is 3. The maximum absolute atomic E-state index is 10.9. The van der Waals surface area contributed by atoms with Gasteiger partial charge in [-0.05, 0) is 35.4 Å². The molecule has 0 radical (unpaired) electrons. The molecule has 21 heavy (non-hydrogen) atoms. The van der Waals surface area contributed by atoms with Crippen LogP contribution < -0.4 is 9.32 Å². The summed E-state index contributed by atoms with van der Waals surface area (Å²) >= 11 is 0. The van der Waals surface area contributed by atoms with Crippen LogP contribution in [0, 0.1) is 22.7 Å². The van der Waals surface area contributed by atoms with Gasteiger partial charge in [0.25, 0.3) is 0 Å². The van der Waals surface area contributed by atoms with Gasteiger partial charge in [-0.2, -0.15) is 24.1 Å². The maximum Gasteiger partial charge on any atom is 0.380 e. The highest BCUT2D eigenvalue weighted by Crippen LogP contribution is 2.27. The third-order valence-corrected chi connectivity index (χ3v) is 3.07. The van der Waals surface area contributed by atoms with Crippen LogP contribution in [0.25, 0.3) is 11.1 Å². The van der Waals surface area contributed by atoms with Crippen molar-refractivity contribution in [2.24, 2.45) is 5.14 Å². The van der Waals surface area contributed by atoms with Crippen molar-refractivity contribution in [2.45, 2.75) is 0 Å². The van der Waals surface area contributed by atoms with E-state index in [0.29, 0.717) is 11.1 Å². The second kappa shape index (κ2) is 5.63. The van der Waals surface area contributed by atoms with Crippen molar-refractivity contribution in [3.8, 4) is 29.0 Å². The molecule has 104 valence electrons. The molecule has 2 N–H and O–H groups in total. The summed E-state index contributed by atoms with van der Waals surface area (Å²) in [6, 6.07) is 14.9. The highest BCUT2D eigenvalue weighted by atomic mass is 32.2. The summed E-state index contributed by atoms with van der Waals surface area (Å²) in [7, 11) is -4.13. The van der Waals surface area contributed by atoms with Crippen molar-refractivity contribution in [1.82, 2.24) is 0 Å². The summed E-state index contributed by atoms with van der Waals surface area (Å²) in [6.07, 6.45) is 0. The van der Waals surface area contributed by atoms with E-state index in [0.717, 1.165) is 5.56 Å². The zero-order valence-corrected chi connectivity index (χ0v) is 11.5. The molecule has 0 saturated heterocycles. The molecule has 6 nitrogen and oxygen atoms in total. The summed E-state index contributed by atoms with van der Waals surface area (Å²) in [4.78, 5) is 0. The van der Waals surface area contributed by atoms with Gasteiger partial charge < -0.3 is 4.18 Å². The van der Waals surface area contributed by atoms with Crippen molar-refractivity contribution in [3.63, 3.8) is 0 Å². The highest BCUT2D eigenvalue weighted by molar-refractivity contribution is 7.84. The minimum absolute atomic E-state index is 0.0357. The topological polar surface area (TPSA) is 117 Å².